The van der Waals surface area contributed by atoms with E-state index in [4.69, 9.17) is 5.10 Å². The molecule has 1 unspecified atom stereocenters. The lowest BCUT2D eigenvalue weighted by atomic mass is 10.0. The minimum absolute atomic E-state index is 0.00943. The predicted molar refractivity (Wildman–Crippen MR) is 87.8 cm³/mol. The highest BCUT2D eigenvalue weighted by molar-refractivity contribution is 5.96. The van der Waals surface area contributed by atoms with Crippen LogP contribution in [0, 0.1) is 6.92 Å². The third-order valence-electron chi connectivity index (χ3n) is 4.56. The van der Waals surface area contributed by atoms with Gasteiger partial charge in [-0.2, -0.15) is 5.10 Å². The van der Waals surface area contributed by atoms with Crippen LogP contribution in [0.15, 0.2) is 18.2 Å². The van der Waals surface area contributed by atoms with Gasteiger partial charge in [-0.15, -0.1) is 0 Å². The van der Waals surface area contributed by atoms with Crippen molar-refractivity contribution in [2.24, 2.45) is 0 Å². The van der Waals surface area contributed by atoms with Gasteiger partial charge in [0.05, 0.1) is 11.2 Å². The molecule has 0 radical (unpaired) electrons. The summed E-state index contributed by atoms with van der Waals surface area (Å²) in [5.74, 6) is 0. The van der Waals surface area contributed by atoms with E-state index in [0.717, 1.165) is 48.2 Å². The molecule has 0 spiro atoms. The van der Waals surface area contributed by atoms with Crippen LogP contribution in [0.25, 0.3) is 10.9 Å². The summed E-state index contributed by atoms with van der Waals surface area (Å²) in [6.45, 7) is 6.26. The Balaban J connectivity index is 2.19. The van der Waals surface area contributed by atoms with E-state index in [2.05, 4.69) is 29.9 Å². The first-order valence-electron chi connectivity index (χ1n) is 7.59. The Morgan fingerprint density at radius 1 is 1.41 bits per heavy atom. The number of nitrogens with one attached hydrogen (secondary N) is 1. The molecule has 1 aromatic heterocycles. The summed E-state index contributed by atoms with van der Waals surface area (Å²) in [4.78, 5) is 11.4. The second-order valence-corrected chi connectivity index (χ2v) is 6.39. The maximum Gasteiger partial charge on any atom is 0.228 e. The van der Waals surface area contributed by atoms with Crippen LogP contribution >= 0.6 is 0 Å². The van der Waals surface area contributed by atoms with Crippen molar-refractivity contribution in [3.8, 4) is 0 Å². The molecule has 0 bridgehead atoms. The summed E-state index contributed by atoms with van der Waals surface area (Å²) in [5, 5.41) is 12.7. The van der Waals surface area contributed by atoms with Crippen molar-refractivity contribution in [1.82, 2.24) is 20.1 Å². The molecular formula is C16H23N5O. The number of carbonyl (C=O) groups excluding carboxylic acids is 1. The third-order valence-corrected chi connectivity index (χ3v) is 4.56. The Morgan fingerprint density at radius 3 is 2.77 bits per heavy atom. The highest BCUT2D eigenvalue weighted by atomic mass is 16.1. The lowest BCUT2D eigenvalue weighted by Gasteiger charge is -2.25. The van der Waals surface area contributed by atoms with Crippen LogP contribution in [0.1, 0.15) is 19.0 Å². The van der Waals surface area contributed by atoms with Crippen LogP contribution in [0.3, 0.4) is 0 Å². The Bertz CT molecular complexity index is 700. The fourth-order valence-corrected chi connectivity index (χ4v) is 3.28. The standard InChI is InChI=1S/C16H23N5O/c1-12-13-6-5-7-14(20(11-22)19(3)4)15(13)18-21(12)16(2)8-9-17-10-16/h5-7,11,17H,8-10H2,1-4H3. The lowest BCUT2D eigenvalue weighted by molar-refractivity contribution is -0.109. The first kappa shape index (κ1) is 15.0. The zero-order valence-electron chi connectivity index (χ0n) is 13.6. The molecule has 118 valence electrons. The Hall–Kier alpha value is -1.92. The van der Waals surface area contributed by atoms with Gasteiger partial charge < -0.3 is 5.32 Å². The van der Waals surface area contributed by atoms with Crippen LogP contribution in [-0.2, 0) is 10.3 Å². The molecule has 1 aliphatic heterocycles. The van der Waals surface area contributed by atoms with Gasteiger partial charge in [0.25, 0.3) is 0 Å². The average Bonchev–Trinajstić information content (AvgIpc) is 3.06. The number of anilines is 1. The number of nitrogens with zero attached hydrogens (tertiary/aromatic N) is 4. The van der Waals surface area contributed by atoms with Crippen LogP contribution in [0.2, 0.25) is 0 Å². The number of benzene rings is 1. The molecule has 2 heterocycles. The van der Waals surface area contributed by atoms with E-state index in [-0.39, 0.29) is 5.54 Å². The van der Waals surface area contributed by atoms with Gasteiger partial charge in [0.1, 0.15) is 5.52 Å². The Kier molecular flexibility index (Phi) is 3.66. The second kappa shape index (κ2) is 5.37. The van der Waals surface area contributed by atoms with E-state index in [1.807, 2.05) is 26.2 Å². The van der Waals surface area contributed by atoms with Crippen molar-refractivity contribution in [3.05, 3.63) is 23.9 Å². The van der Waals surface area contributed by atoms with E-state index >= 15 is 0 Å². The van der Waals surface area contributed by atoms with Gasteiger partial charge in [0, 0.05) is 31.7 Å². The van der Waals surface area contributed by atoms with Gasteiger partial charge in [-0.1, -0.05) is 12.1 Å². The molecule has 1 fully saturated rings. The number of aromatic nitrogens is 2. The molecule has 1 aliphatic rings. The number of hydrazine groups is 1. The van der Waals surface area contributed by atoms with Crippen molar-refractivity contribution < 1.29 is 4.79 Å². The fraction of sp³-hybridized carbons (Fsp3) is 0.500. The van der Waals surface area contributed by atoms with Gasteiger partial charge in [0.2, 0.25) is 6.41 Å². The first-order chi connectivity index (χ1) is 10.5. The number of carbonyl (C=O) groups is 1. The van der Waals surface area contributed by atoms with Crippen molar-refractivity contribution in [3.63, 3.8) is 0 Å². The number of rotatable bonds is 4. The number of hydrogen-bond acceptors (Lipinski definition) is 4. The summed E-state index contributed by atoms with van der Waals surface area (Å²) in [5.41, 5.74) is 2.82. The van der Waals surface area contributed by atoms with Crippen LogP contribution in [0.5, 0.6) is 0 Å². The van der Waals surface area contributed by atoms with Crippen molar-refractivity contribution in [2.45, 2.75) is 25.8 Å². The SMILES string of the molecule is Cc1c2cccc(N(C=O)N(C)C)c2nn1C1(C)CCNC1. The third kappa shape index (κ3) is 2.19. The van der Waals surface area contributed by atoms with E-state index in [1.54, 1.807) is 10.0 Å². The molecule has 1 aromatic carbocycles. The van der Waals surface area contributed by atoms with Gasteiger partial charge >= 0.3 is 0 Å². The maximum absolute atomic E-state index is 11.4. The van der Waals surface area contributed by atoms with Gasteiger partial charge in [-0.3, -0.25) is 9.48 Å². The van der Waals surface area contributed by atoms with Gasteiger partial charge in [-0.05, 0) is 32.9 Å². The summed E-state index contributed by atoms with van der Waals surface area (Å²) >= 11 is 0. The zero-order chi connectivity index (χ0) is 15.9. The average molecular weight is 301 g/mol. The van der Waals surface area contributed by atoms with Gasteiger partial charge in [-0.25, -0.2) is 10.0 Å². The summed E-state index contributed by atoms with van der Waals surface area (Å²) in [7, 11) is 3.69. The molecule has 6 nitrogen and oxygen atoms in total. The van der Waals surface area contributed by atoms with Crippen LogP contribution < -0.4 is 10.3 Å². The molecule has 6 heteroatoms. The predicted octanol–water partition coefficient (Wildman–Crippen LogP) is 1.49. The number of aryl methyl sites for hydroxylation is 1. The number of amides is 1. The normalized spacial score (nSPS) is 21.7. The van der Waals surface area contributed by atoms with Crippen molar-refractivity contribution >= 4 is 23.0 Å². The summed E-state index contributed by atoms with van der Waals surface area (Å²) in [6.07, 6.45) is 1.88. The Labute approximate surface area is 130 Å². The molecular weight excluding hydrogens is 278 g/mol. The molecule has 1 atom stereocenters. The topological polar surface area (TPSA) is 53.4 Å². The smallest absolute Gasteiger partial charge is 0.228 e. The lowest BCUT2D eigenvalue weighted by Crippen LogP contribution is -2.36. The summed E-state index contributed by atoms with van der Waals surface area (Å²) in [6, 6.07) is 5.98. The van der Waals surface area contributed by atoms with E-state index in [0.29, 0.717) is 0 Å². The zero-order valence-corrected chi connectivity index (χ0v) is 13.6. The molecule has 0 aliphatic carbocycles. The van der Waals surface area contributed by atoms with Crippen molar-refractivity contribution in [1.29, 1.82) is 0 Å². The maximum atomic E-state index is 11.4. The number of fused-ring (bicyclic) bond motifs is 1. The minimum Gasteiger partial charge on any atom is -0.314 e. The first-order valence-corrected chi connectivity index (χ1v) is 7.59. The molecule has 1 N–H and O–H groups in total. The quantitative estimate of drug-likeness (QED) is 0.687. The Morgan fingerprint density at radius 2 is 2.18 bits per heavy atom. The molecule has 1 amide bonds. The monoisotopic (exact) mass is 301 g/mol. The van der Waals surface area contributed by atoms with Gasteiger partial charge in [0.15, 0.2) is 0 Å². The van der Waals surface area contributed by atoms with Crippen LogP contribution in [-0.4, -0.2) is 48.4 Å². The second-order valence-electron chi connectivity index (χ2n) is 6.39. The van der Waals surface area contributed by atoms with Crippen LogP contribution in [0.4, 0.5) is 5.69 Å². The highest BCUT2D eigenvalue weighted by Crippen LogP contribution is 2.32. The highest BCUT2D eigenvalue weighted by Gasteiger charge is 2.33. The summed E-state index contributed by atoms with van der Waals surface area (Å²) < 4.78 is 2.12. The molecule has 0 saturated carbocycles. The molecule has 22 heavy (non-hydrogen) atoms. The minimum atomic E-state index is -0.00943. The van der Waals surface area contributed by atoms with E-state index in [1.165, 1.54) is 0 Å². The largest absolute Gasteiger partial charge is 0.314 e. The molecule has 2 aromatic rings. The molecule has 1 saturated heterocycles. The number of hydrogen-bond donors (Lipinski definition) is 1. The fourth-order valence-electron chi connectivity index (χ4n) is 3.28. The van der Waals surface area contributed by atoms with E-state index < -0.39 is 0 Å². The van der Waals surface area contributed by atoms with Crippen molar-refractivity contribution in [2.75, 3.05) is 32.2 Å². The molecule has 3 rings (SSSR count). The van der Waals surface area contributed by atoms with E-state index in [9.17, 15) is 4.79 Å².